The van der Waals surface area contributed by atoms with E-state index in [9.17, 15) is 17.6 Å². The first kappa shape index (κ1) is 22.0. The van der Waals surface area contributed by atoms with E-state index in [-0.39, 0.29) is 5.75 Å². The van der Waals surface area contributed by atoms with E-state index in [1.54, 1.807) is 19.2 Å². The number of nitrogens with zero attached hydrogens (tertiary/aromatic N) is 1. The number of likely N-dealkylation sites (N-methyl/N-ethyl adjacent to an activating group) is 1. The zero-order valence-electron chi connectivity index (χ0n) is 16.8. The highest BCUT2D eigenvalue weighted by Crippen LogP contribution is 2.29. The van der Waals surface area contributed by atoms with Gasteiger partial charge in [-0.3, -0.25) is 0 Å². The number of fused-ring (bicyclic) bond motifs is 1. The van der Waals surface area contributed by atoms with Gasteiger partial charge in [0.25, 0.3) is 0 Å². The van der Waals surface area contributed by atoms with E-state index in [2.05, 4.69) is 9.88 Å². The van der Waals surface area contributed by atoms with Gasteiger partial charge in [0.05, 0.1) is 7.11 Å². The van der Waals surface area contributed by atoms with E-state index >= 15 is 0 Å². The molecule has 4 nitrogen and oxygen atoms in total. The standard InChI is InChI=1S/C22H24F4N2O2/c1-28(10-9-16-12-27-18-7-4-8-19(29-2)20(16)18)13-15-5-3-6-17(11-15)30-14-22(25,26)21(23)24/h3-8,11-12,21,27H,9-10,13-14H2,1-2H3. The lowest BCUT2D eigenvalue weighted by Gasteiger charge is -2.18. The second kappa shape index (κ2) is 9.38. The van der Waals surface area contributed by atoms with Crippen LogP contribution in [0.2, 0.25) is 0 Å². The summed E-state index contributed by atoms with van der Waals surface area (Å²) < 4.78 is 61.0. The molecule has 1 heterocycles. The lowest BCUT2D eigenvalue weighted by Crippen LogP contribution is -2.33. The number of aromatic amines is 1. The van der Waals surface area contributed by atoms with Gasteiger partial charge in [-0.2, -0.15) is 8.78 Å². The molecule has 0 saturated heterocycles. The monoisotopic (exact) mass is 424 g/mol. The summed E-state index contributed by atoms with van der Waals surface area (Å²) >= 11 is 0. The molecule has 0 radical (unpaired) electrons. The molecule has 3 aromatic rings. The quantitative estimate of drug-likeness (QED) is 0.459. The molecular formula is C22H24F4N2O2. The van der Waals surface area contributed by atoms with Gasteiger partial charge < -0.3 is 19.4 Å². The van der Waals surface area contributed by atoms with Crippen molar-refractivity contribution in [2.75, 3.05) is 27.3 Å². The van der Waals surface area contributed by atoms with E-state index in [0.717, 1.165) is 40.7 Å². The van der Waals surface area contributed by atoms with E-state index < -0.39 is 19.0 Å². The molecule has 0 aliphatic carbocycles. The van der Waals surface area contributed by atoms with Crippen LogP contribution < -0.4 is 9.47 Å². The van der Waals surface area contributed by atoms with Crippen molar-refractivity contribution >= 4 is 10.9 Å². The van der Waals surface area contributed by atoms with Crippen molar-refractivity contribution in [1.29, 1.82) is 0 Å². The van der Waals surface area contributed by atoms with Gasteiger partial charge >= 0.3 is 12.3 Å². The van der Waals surface area contributed by atoms with Crippen LogP contribution in [-0.4, -0.2) is 49.5 Å². The van der Waals surface area contributed by atoms with Crippen LogP contribution >= 0.6 is 0 Å². The third kappa shape index (κ3) is 5.24. The van der Waals surface area contributed by atoms with Gasteiger partial charge in [0.2, 0.25) is 0 Å². The Morgan fingerprint density at radius 3 is 2.63 bits per heavy atom. The van der Waals surface area contributed by atoms with Crippen molar-refractivity contribution in [2.45, 2.75) is 25.3 Å². The fourth-order valence-corrected chi connectivity index (χ4v) is 3.27. The van der Waals surface area contributed by atoms with Crippen LogP contribution in [-0.2, 0) is 13.0 Å². The third-order valence-electron chi connectivity index (χ3n) is 4.83. The van der Waals surface area contributed by atoms with Gasteiger partial charge in [-0.15, -0.1) is 0 Å². The second-order valence-electron chi connectivity index (χ2n) is 7.18. The molecule has 162 valence electrons. The fourth-order valence-electron chi connectivity index (χ4n) is 3.27. The van der Waals surface area contributed by atoms with E-state index in [4.69, 9.17) is 9.47 Å². The highest BCUT2D eigenvalue weighted by molar-refractivity contribution is 5.89. The molecule has 0 fully saturated rings. The third-order valence-corrected chi connectivity index (χ3v) is 4.83. The van der Waals surface area contributed by atoms with Crippen molar-refractivity contribution in [3.63, 3.8) is 0 Å². The molecule has 0 bridgehead atoms. The Bertz CT molecular complexity index is 975. The fraction of sp³-hybridized carbons (Fsp3) is 0.364. The highest BCUT2D eigenvalue weighted by Gasteiger charge is 2.41. The highest BCUT2D eigenvalue weighted by atomic mass is 19.3. The largest absolute Gasteiger partial charge is 0.496 e. The molecule has 1 N–H and O–H groups in total. The maximum Gasteiger partial charge on any atom is 0.340 e. The number of hydrogen-bond donors (Lipinski definition) is 1. The molecule has 0 unspecified atom stereocenters. The minimum atomic E-state index is -4.17. The molecule has 30 heavy (non-hydrogen) atoms. The molecular weight excluding hydrogens is 400 g/mol. The first-order valence-electron chi connectivity index (χ1n) is 9.49. The first-order valence-corrected chi connectivity index (χ1v) is 9.49. The van der Waals surface area contributed by atoms with Crippen molar-refractivity contribution in [2.24, 2.45) is 0 Å². The SMILES string of the molecule is COc1cccc2[nH]cc(CCN(C)Cc3cccc(OCC(F)(F)C(F)F)c3)c12. The number of alkyl halides is 4. The van der Waals surface area contributed by atoms with Crippen LogP contribution in [0.25, 0.3) is 10.9 Å². The van der Waals surface area contributed by atoms with Crippen molar-refractivity contribution in [1.82, 2.24) is 9.88 Å². The number of aromatic nitrogens is 1. The van der Waals surface area contributed by atoms with Crippen LogP contribution in [0, 0.1) is 0 Å². The van der Waals surface area contributed by atoms with Gasteiger partial charge in [0.15, 0.2) is 6.61 Å². The smallest absolute Gasteiger partial charge is 0.340 e. The Morgan fingerprint density at radius 2 is 1.90 bits per heavy atom. The van der Waals surface area contributed by atoms with Crippen LogP contribution in [0.3, 0.4) is 0 Å². The maximum atomic E-state index is 13.0. The molecule has 0 aliphatic rings. The number of hydrogen-bond acceptors (Lipinski definition) is 3. The minimum Gasteiger partial charge on any atom is -0.496 e. The average Bonchev–Trinajstić information content (AvgIpc) is 3.14. The molecule has 0 saturated carbocycles. The first-order chi connectivity index (χ1) is 14.3. The molecule has 0 atom stereocenters. The molecule has 3 rings (SSSR count). The van der Waals surface area contributed by atoms with Crippen LogP contribution in [0.5, 0.6) is 11.5 Å². The summed E-state index contributed by atoms with van der Waals surface area (Å²) in [7, 11) is 3.59. The van der Waals surface area contributed by atoms with E-state index in [1.807, 2.05) is 37.5 Å². The Morgan fingerprint density at radius 1 is 1.13 bits per heavy atom. The summed E-state index contributed by atoms with van der Waals surface area (Å²) in [4.78, 5) is 5.33. The molecule has 8 heteroatoms. The second-order valence-corrected chi connectivity index (χ2v) is 7.18. The predicted molar refractivity (Wildman–Crippen MR) is 108 cm³/mol. The summed E-state index contributed by atoms with van der Waals surface area (Å²) in [6, 6.07) is 12.4. The lowest BCUT2D eigenvalue weighted by atomic mass is 10.1. The van der Waals surface area contributed by atoms with Crippen LogP contribution in [0.15, 0.2) is 48.7 Å². The number of methoxy groups -OCH3 is 1. The number of rotatable bonds is 10. The lowest BCUT2D eigenvalue weighted by molar-refractivity contribution is -0.148. The summed E-state index contributed by atoms with van der Waals surface area (Å²) in [5.41, 5.74) is 2.99. The van der Waals surface area contributed by atoms with Crippen LogP contribution in [0.1, 0.15) is 11.1 Å². The van der Waals surface area contributed by atoms with Gasteiger partial charge in [-0.05, 0) is 48.9 Å². The Kier molecular flexibility index (Phi) is 6.87. The zero-order chi connectivity index (χ0) is 21.7. The summed E-state index contributed by atoms with van der Waals surface area (Å²) in [6.07, 6.45) is -0.998. The molecule has 0 aliphatic heterocycles. The number of H-pyrrole nitrogens is 1. The van der Waals surface area contributed by atoms with Crippen molar-refractivity contribution in [3.05, 3.63) is 59.8 Å². The molecule has 1 aromatic heterocycles. The Balaban J connectivity index is 1.59. The van der Waals surface area contributed by atoms with Crippen LogP contribution in [0.4, 0.5) is 17.6 Å². The van der Waals surface area contributed by atoms with Gasteiger partial charge in [0, 0.05) is 30.2 Å². The number of benzene rings is 2. The van der Waals surface area contributed by atoms with Crippen molar-refractivity contribution in [3.8, 4) is 11.5 Å². The molecule has 0 spiro atoms. The topological polar surface area (TPSA) is 37.5 Å². The predicted octanol–water partition coefficient (Wildman–Crippen LogP) is 5.13. The van der Waals surface area contributed by atoms with E-state index in [0.29, 0.717) is 6.54 Å². The van der Waals surface area contributed by atoms with Gasteiger partial charge in [-0.1, -0.05) is 18.2 Å². The average molecular weight is 424 g/mol. The van der Waals surface area contributed by atoms with Gasteiger partial charge in [-0.25, -0.2) is 8.78 Å². The minimum absolute atomic E-state index is 0.141. The maximum absolute atomic E-state index is 13.0. The van der Waals surface area contributed by atoms with Gasteiger partial charge in [0.1, 0.15) is 11.5 Å². The molecule has 0 amide bonds. The number of ether oxygens (including phenoxy) is 2. The van der Waals surface area contributed by atoms with E-state index in [1.165, 1.54) is 6.07 Å². The Hall–Kier alpha value is -2.74. The summed E-state index contributed by atoms with van der Waals surface area (Å²) in [5, 5.41) is 1.06. The normalized spacial score (nSPS) is 12.1. The number of nitrogens with one attached hydrogen (secondary N) is 1. The summed E-state index contributed by atoms with van der Waals surface area (Å²) in [5.74, 6) is -3.22. The molecule has 2 aromatic carbocycles. The zero-order valence-corrected chi connectivity index (χ0v) is 16.8. The summed E-state index contributed by atoms with van der Waals surface area (Å²) in [6.45, 7) is -0.0478. The Labute approximate surface area is 172 Å². The number of halogens is 4. The van der Waals surface area contributed by atoms with Crippen molar-refractivity contribution < 1.29 is 27.0 Å².